The molecule has 0 saturated carbocycles. The molecular formula is C25H35ClN4O5. The summed E-state index contributed by atoms with van der Waals surface area (Å²) < 4.78 is 10.4. The van der Waals surface area contributed by atoms with E-state index in [1.807, 2.05) is 37.8 Å². The molecule has 0 fully saturated rings. The lowest BCUT2D eigenvalue weighted by Gasteiger charge is -2.28. The van der Waals surface area contributed by atoms with Gasteiger partial charge in [-0.2, -0.15) is 0 Å². The van der Waals surface area contributed by atoms with Crippen LogP contribution in [0.3, 0.4) is 0 Å². The van der Waals surface area contributed by atoms with Crippen LogP contribution in [0.5, 0.6) is 0 Å². The number of methoxy groups -OCH3 is 1. The van der Waals surface area contributed by atoms with Gasteiger partial charge in [0.1, 0.15) is 12.2 Å². The summed E-state index contributed by atoms with van der Waals surface area (Å²) in [6.07, 6.45) is 0.784. The van der Waals surface area contributed by atoms with E-state index in [0.717, 1.165) is 12.0 Å². The molecule has 2 aromatic rings. The third kappa shape index (κ3) is 7.29. The molecule has 0 amide bonds. The first kappa shape index (κ1) is 28.3. The Kier molecular flexibility index (Phi) is 10.7. The fourth-order valence-electron chi connectivity index (χ4n) is 3.77. The van der Waals surface area contributed by atoms with Crippen molar-refractivity contribution in [2.45, 2.75) is 47.0 Å². The lowest BCUT2D eigenvalue weighted by atomic mass is 10.0. The van der Waals surface area contributed by atoms with Crippen LogP contribution in [0.4, 0.5) is 22.9 Å². The van der Waals surface area contributed by atoms with Crippen LogP contribution in [-0.2, 0) is 14.3 Å². The van der Waals surface area contributed by atoms with Gasteiger partial charge in [-0.3, -0.25) is 14.9 Å². The molecule has 35 heavy (non-hydrogen) atoms. The number of hydrogen-bond acceptors (Lipinski definition) is 8. The van der Waals surface area contributed by atoms with Gasteiger partial charge in [0.25, 0.3) is 0 Å². The third-order valence-corrected chi connectivity index (χ3v) is 5.74. The normalized spacial score (nSPS) is 11.0. The van der Waals surface area contributed by atoms with Gasteiger partial charge in [-0.25, -0.2) is 4.98 Å². The zero-order chi connectivity index (χ0) is 26.1. The van der Waals surface area contributed by atoms with E-state index in [2.05, 4.69) is 4.98 Å². The van der Waals surface area contributed by atoms with Crippen LogP contribution in [0.1, 0.15) is 51.3 Å². The molecule has 1 aromatic carbocycles. The van der Waals surface area contributed by atoms with Gasteiger partial charge >= 0.3 is 11.7 Å². The van der Waals surface area contributed by atoms with Gasteiger partial charge in [0.15, 0.2) is 0 Å². The van der Waals surface area contributed by atoms with Gasteiger partial charge in [-0.1, -0.05) is 38.4 Å². The second kappa shape index (κ2) is 13.3. The van der Waals surface area contributed by atoms with Crippen LogP contribution in [-0.4, -0.2) is 55.8 Å². The van der Waals surface area contributed by atoms with Gasteiger partial charge in [-0.15, -0.1) is 0 Å². The summed E-state index contributed by atoms with van der Waals surface area (Å²) >= 11 is 6.65. The Bertz CT molecular complexity index is 1030. The van der Waals surface area contributed by atoms with Crippen LogP contribution in [0.2, 0.25) is 5.02 Å². The third-order valence-electron chi connectivity index (χ3n) is 5.44. The van der Waals surface area contributed by atoms with Crippen LogP contribution >= 0.6 is 11.6 Å². The summed E-state index contributed by atoms with van der Waals surface area (Å²) in [4.78, 5) is 32.5. The number of aryl methyl sites for hydroxylation is 1. The van der Waals surface area contributed by atoms with Crippen molar-refractivity contribution in [1.82, 2.24) is 4.98 Å². The van der Waals surface area contributed by atoms with Crippen molar-refractivity contribution < 1.29 is 19.2 Å². The molecule has 0 aliphatic carbocycles. The fraction of sp³-hybridized carbons (Fsp3) is 0.520. The molecule has 9 nitrogen and oxygen atoms in total. The highest BCUT2D eigenvalue weighted by molar-refractivity contribution is 6.33. The first-order chi connectivity index (χ1) is 16.6. The van der Waals surface area contributed by atoms with E-state index in [1.165, 1.54) is 4.90 Å². The molecule has 0 bridgehead atoms. The van der Waals surface area contributed by atoms with Gasteiger partial charge in [0.05, 0.1) is 28.8 Å². The Hall–Kier alpha value is -2.91. The van der Waals surface area contributed by atoms with E-state index in [9.17, 15) is 14.9 Å². The maximum absolute atomic E-state index is 12.6. The molecule has 0 unspecified atom stereocenters. The van der Waals surface area contributed by atoms with Crippen molar-refractivity contribution in [2.75, 3.05) is 49.8 Å². The number of benzene rings is 1. The number of anilines is 3. The highest BCUT2D eigenvalue weighted by atomic mass is 35.5. The molecule has 0 saturated heterocycles. The zero-order valence-corrected chi connectivity index (χ0v) is 22.1. The monoisotopic (exact) mass is 506 g/mol. The summed E-state index contributed by atoms with van der Waals surface area (Å²) in [6.45, 7) is 10.9. The van der Waals surface area contributed by atoms with E-state index in [1.54, 1.807) is 33.1 Å². The van der Waals surface area contributed by atoms with Gasteiger partial charge in [0.2, 0.25) is 5.82 Å². The average Bonchev–Trinajstić information content (AvgIpc) is 2.79. The van der Waals surface area contributed by atoms with Gasteiger partial charge < -0.3 is 19.3 Å². The Balaban J connectivity index is 2.78. The lowest BCUT2D eigenvalue weighted by molar-refractivity contribution is -0.383. The molecule has 0 spiro atoms. The number of carbonyl (C=O) groups excluding carboxylic acids is 1. The highest BCUT2D eigenvalue weighted by Gasteiger charge is 2.32. The van der Waals surface area contributed by atoms with Gasteiger partial charge in [-0.05, 0) is 49.9 Å². The maximum atomic E-state index is 12.6. The van der Waals surface area contributed by atoms with Crippen molar-refractivity contribution in [3.63, 3.8) is 0 Å². The summed E-state index contributed by atoms with van der Waals surface area (Å²) in [5.41, 5.74) is 2.24. The van der Waals surface area contributed by atoms with Crippen LogP contribution in [0.25, 0.3) is 0 Å². The molecular weight excluding hydrogens is 472 g/mol. The van der Waals surface area contributed by atoms with Gasteiger partial charge in [0, 0.05) is 25.9 Å². The van der Waals surface area contributed by atoms with E-state index in [4.69, 9.17) is 21.1 Å². The summed E-state index contributed by atoms with van der Waals surface area (Å²) in [7, 11) is 1.59. The van der Waals surface area contributed by atoms with Crippen molar-refractivity contribution in [3.05, 3.63) is 50.7 Å². The first-order valence-corrected chi connectivity index (χ1v) is 12.1. The number of pyridine rings is 1. The summed E-state index contributed by atoms with van der Waals surface area (Å²) in [6, 6.07) is 7.16. The van der Waals surface area contributed by atoms with Crippen LogP contribution in [0.15, 0.2) is 24.3 Å². The molecule has 0 atom stereocenters. The Morgan fingerprint density at radius 2 is 1.91 bits per heavy atom. The first-order valence-electron chi connectivity index (χ1n) is 11.8. The highest BCUT2D eigenvalue weighted by Crippen LogP contribution is 2.42. The van der Waals surface area contributed by atoms with E-state index >= 15 is 0 Å². The molecule has 0 aliphatic rings. The minimum atomic E-state index is -0.541. The molecule has 0 radical (unpaired) electrons. The predicted octanol–water partition coefficient (Wildman–Crippen LogP) is 5.64. The number of carbonyl (C=O) groups is 1. The topological polar surface area (TPSA) is 98.0 Å². The van der Waals surface area contributed by atoms with Crippen molar-refractivity contribution >= 4 is 40.5 Å². The number of ether oxygens (including phenoxy) is 2. The fourth-order valence-corrected chi connectivity index (χ4v) is 4.06. The molecule has 1 aromatic heterocycles. The average molecular weight is 507 g/mol. The summed E-state index contributed by atoms with van der Waals surface area (Å²) in [5.74, 6) is -0.266. The number of halogens is 1. The van der Waals surface area contributed by atoms with Crippen LogP contribution in [0, 0.1) is 17.0 Å². The molecule has 0 aliphatic heterocycles. The number of nitro groups is 1. The smallest absolute Gasteiger partial charge is 0.335 e. The number of aromatic nitrogens is 1. The number of rotatable bonds is 13. The molecule has 1 heterocycles. The maximum Gasteiger partial charge on any atom is 0.335 e. The zero-order valence-electron chi connectivity index (χ0n) is 21.3. The van der Waals surface area contributed by atoms with E-state index < -0.39 is 10.9 Å². The standard InChI is InChI=1S/C25H35ClN4O5/c1-7-11-28(12-13-34-6)22-14-18(5)27-25(24(22)30(32)33)29(16-23(31)35-8-2)21-10-9-19(17(3)4)15-20(21)26/h9-10,14-15,17H,7-8,11-13,16H2,1-6H3. The van der Waals surface area contributed by atoms with Crippen LogP contribution < -0.4 is 9.80 Å². The Labute approximate surface area is 212 Å². The second-order valence-electron chi connectivity index (χ2n) is 8.45. The molecule has 2 rings (SSSR count). The van der Waals surface area contributed by atoms with E-state index in [-0.39, 0.29) is 30.6 Å². The minimum absolute atomic E-state index is 0.0377. The number of hydrogen-bond donors (Lipinski definition) is 0. The number of nitrogens with zero attached hydrogens (tertiary/aromatic N) is 4. The molecule has 10 heteroatoms. The molecule has 0 N–H and O–H groups in total. The Morgan fingerprint density at radius 1 is 1.20 bits per heavy atom. The van der Waals surface area contributed by atoms with Crippen molar-refractivity contribution in [3.8, 4) is 0 Å². The number of esters is 1. The second-order valence-corrected chi connectivity index (χ2v) is 8.86. The SMILES string of the molecule is CCCN(CCOC)c1cc(C)nc(N(CC(=O)OCC)c2ccc(C(C)C)cc2Cl)c1[N+](=O)[O-]. The quantitative estimate of drug-likeness (QED) is 0.195. The molecule has 192 valence electrons. The van der Waals surface area contributed by atoms with E-state index in [0.29, 0.717) is 41.8 Å². The Morgan fingerprint density at radius 3 is 2.46 bits per heavy atom. The van der Waals surface area contributed by atoms with Crippen molar-refractivity contribution in [2.24, 2.45) is 0 Å². The summed E-state index contributed by atoms with van der Waals surface area (Å²) in [5, 5.41) is 12.8. The lowest BCUT2D eigenvalue weighted by Crippen LogP contribution is -2.31. The largest absolute Gasteiger partial charge is 0.465 e. The van der Waals surface area contributed by atoms with Crippen molar-refractivity contribution in [1.29, 1.82) is 0 Å². The predicted molar refractivity (Wildman–Crippen MR) is 139 cm³/mol. The minimum Gasteiger partial charge on any atom is -0.465 e.